The van der Waals surface area contributed by atoms with Crippen molar-refractivity contribution in [2.45, 2.75) is 12.5 Å². The van der Waals surface area contributed by atoms with Crippen LogP contribution in [0.3, 0.4) is 0 Å². The van der Waals surface area contributed by atoms with E-state index in [9.17, 15) is 4.79 Å². The molecule has 1 amide bonds. The van der Waals surface area contributed by atoms with Crippen LogP contribution in [-0.2, 0) is 0 Å². The summed E-state index contributed by atoms with van der Waals surface area (Å²) in [5.41, 5.74) is 0.789. The molecule has 3 rings (SSSR count). The van der Waals surface area contributed by atoms with Crippen LogP contribution >= 0.6 is 23.1 Å². The van der Waals surface area contributed by atoms with Gasteiger partial charge < -0.3 is 5.32 Å². The van der Waals surface area contributed by atoms with E-state index < -0.39 is 0 Å². The molecule has 0 fully saturated rings. The minimum absolute atomic E-state index is 0.0613. The van der Waals surface area contributed by atoms with Gasteiger partial charge in [-0.1, -0.05) is 12.1 Å². The fourth-order valence-corrected chi connectivity index (χ4v) is 3.33. The van der Waals surface area contributed by atoms with Crippen molar-refractivity contribution in [2.75, 3.05) is 12.0 Å². The third kappa shape index (κ3) is 3.15. The van der Waals surface area contributed by atoms with E-state index in [0.717, 1.165) is 23.6 Å². The van der Waals surface area contributed by atoms with E-state index in [4.69, 9.17) is 0 Å². The second kappa shape index (κ2) is 6.93. The number of amides is 1. The number of rotatable bonds is 6. The number of nitrogens with one attached hydrogen (secondary N) is 1. The van der Waals surface area contributed by atoms with E-state index in [-0.39, 0.29) is 11.9 Å². The predicted octanol–water partition coefficient (Wildman–Crippen LogP) is 3.02. The number of pyridine rings is 1. The maximum absolute atomic E-state index is 12.3. The van der Waals surface area contributed by atoms with E-state index in [1.54, 1.807) is 11.8 Å². The second-order valence-corrected chi connectivity index (χ2v) is 6.71. The first-order chi connectivity index (χ1) is 10.8. The van der Waals surface area contributed by atoms with Crippen LogP contribution in [0.25, 0.3) is 5.65 Å². The smallest absolute Gasteiger partial charge is 0.261 e. The van der Waals surface area contributed by atoms with E-state index >= 15 is 0 Å². The van der Waals surface area contributed by atoms with Crippen LogP contribution in [0, 0.1) is 0 Å². The number of fused-ring (bicyclic) bond motifs is 1. The summed E-state index contributed by atoms with van der Waals surface area (Å²) < 4.78 is 1.93. The van der Waals surface area contributed by atoms with Gasteiger partial charge in [-0.2, -0.15) is 11.8 Å². The first-order valence-electron chi connectivity index (χ1n) is 6.92. The maximum atomic E-state index is 12.3. The van der Waals surface area contributed by atoms with Crippen molar-refractivity contribution >= 4 is 34.7 Å². The molecule has 1 N–H and O–H groups in total. The van der Waals surface area contributed by atoms with Gasteiger partial charge >= 0.3 is 0 Å². The molecule has 0 saturated carbocycles. The molecule has 0 bridgehead atoms. The molecule has 0 spiro atoms. The molecule has 0 aromatic carbocycles. The molecule has 0 radical (unpaired) electrons. The average molecular weight is 332 g/mol. The highest BCUT2D eigenvalue weighted by molar-refractivity contribution is 7.98. The summed E-state index contributed by atoms with van der Waals surface area (Å²) in [6.07, 6.45) is 4.79. The molecular weight excluding hydrogens is 316 g/mol. The molecule has 3 aromatic heterocycles. The minimum Gasteiger partial charge on any atom is -0.341 e. The lowest BCUT2D eigenvalue weighted by Crippen LogP contribution is -2.29. The van der Waals surface area contributed by atoms with Crippen LogP contribution in [-0.4, -0.2) is 32.5 Å². The Kier molecular flexibility index (Phi) is 4.74. The zero-order valence-electron chi connectivity index (χ0n) is 12.1. The van der Waals surface area contributed by atoms with Crippen LogP contribution in [0.2, 0.25) is 0 Å². The third-order valence-electron chi connectivity index (χ3n) is 3.31. The Labute approximate surface area is 136 Å². The quantitative estimate of drug-likeness (QED) is 0.754. The van der Waals surface area contributed by atoms with Gasteiger partial charge in [0.25, 0.3) is 5.91 Å². The van der Waals surface area contributed by atoms with Crippen molar-refractivity contribution in [3.05, 3.63) is 52.6 Å². The molecule has 114 valence electrons. The van der Waals surface area contributed by atoms with Crippen LogP contribution in [0.15, 0.2) is 41.9 Å². The fourth-order valence-electron chi connectivity index (χ4n) is 2.24. The lowest BCUT2D eigenvalue weighted by Gasteiger charge is -2.16. The minimum atomic E-state index is -0.153. The molecule has 22 heavy (non-hydrogen) atoms. The highest BCUT2D eigenvalue weighted by atomic mass is 32.2. The van der Waals surface area contributed by atoms with Crippen LogP contribution in [0.5, 0.6) is 0 Å². The summed E-state index contributed by atoms with van der Waals surface area (Å²) >= 11 is 3.19. The Bertz CT molecular complexity index is 754. The van der Waals surface area contributed by atoms with Crippen molar-refractivity contribution in [2.24, 2.45) is 0 Å². The molecule has 1 atom stereocenters. The van der Waals surface area contributed by atoms with Crippen molar-refractivity contribution in [3.8, 4) is 0 Å². The molecule has 5 nitrogen and oxygen atoms in total. The topological polar surface area (TPSA) is 59.3 Å². The van der Waals surface area contributed by atoms with Gasteiger partial charge in [-0.25, -0.2) is 0 Å². The first kappa shape index (κ1) is 15.1. The van der Waals surface area contributed by atoms with Gasteiger partial charge in [-0.15, -0.1) is 21.5 Å². The lowest BCUT2D eigenvalue weighted by atomic mass is 10.2. The lowest BCUT2D eigenvalue weighted by molar-refractivity contribution is 0.0938. The molecule has 7 heteroatoms. The van der Waals surface area contributed by atoms with Gasteiger partial charge in [0.1, 0.15) is 0 Å². The van der Waals surface area contributed by atoms with Gasteiger partial charge in [-0.3, -0.25) is 9.20 Å². The number of carbonyl (C=O) groups excluding carboxylic acids is 1. The molecule has 1 unspecified atom stereocenters. The third-order valence-corrected chi connectivity index (χ3v) is 4.83. The molecule has 0 aliphatic rings. The average Bonchev–Trinajstić information content (AvgIpc) is 3.20. The number of nitrogens with zero attached hydrogens (tertiary/aromatic N) is 3. The Balaban J connectivity index is 1.87. The Hall–Kier alpha value is -1.86. The number of aromatic nitrogens is 3. The van der Waals surface area contributed by atoms with E-state index in [2.05, 4.69) is 21.8 Å². The highest BCUT2D eigenvalue weighted by Gasteiger charge is 2.21. The van der Waals surface area contributed by atoms with E-state index in [1.165, 1.54) is 11.3 Å². The summed E-state index contributed by atoms with van der Waals surface area (Å²) in [7, 11) is 0. The summed E-state index contributed by atoms with van der Waals surface area (Å²) in [6, 6.07) is 9.32. The van der Waals surface area contributed by atoms with Gasteiger partial charge in [0, 0.05) is 6.20 Å². The molecular formula is C15H16N4OS2. The highest BCUT2D eigenvalue weighted by Crippen LogP contribution is 2.19. The number of hydrogen-bond donors (Lipinski definition) is 1. The number of hydrogen-bond acceptors (Lipinski definition) is 5. The normalized spacial score (nSPS) is 12.4. The Morgan fingerprint density at radius 2 is 2.27 bits per heavy atom. The summed E-state index contributed by atoms with van der Waals surface area (Å²) in [6.45, 7) is 0. The molecule has 0 aliphatic heterocycles. The Morgan fingerprint density at radius 1 is 1.36 bits per heavy atom. The number of carbonyl (C=O) groups is 1. The van der Waals surface area contributed by atoms with Gasteiger partial charge in [0.05, 0.1) is 10.9 Å². The maximum Gasteiger partial charge on any atom is 0.261 e. The monoisotopic (exact) mass is 332 g/mol. The first-order valence-corrected chi connectivity index (χ1v) is 9.20. The predicted molar refractivity (Wildman–Crippen MR) is 90.5 cm³/mol. The molecule has 0 saturated heterocycles. The zero-order valence-corrected chi connectivity index (χ0v) is 13.7. The second-order valence-electron chi connectivity index (χ2n) is 4.77. The summed E-state index contributed by atoms with van der Waals surface area (Å²) in [5.74, 6) is 1.65. The van der Waals surface area contributed by atoms with E-state index in [1.807, 2.05) is 46.3 Å². The van der Waals surface area contributed by atoms with Crippen LogP contribution in [0.1, 0.15) is 28.0 Å². The van der Waals surface area contributed by atoms with Crippen molar-refractivity contribution in [3.63, 3.8) is 0 Å². The number of thiophene rings is 1. The summed E-state index contributed by atoms with van der Waals surface area (Å²) in [4.78, 5) is 13.1. The fraction of sp³-hybridized carbons (Fsp3) is 0.267. The zero-order chi connectivity index (χ0) is 15.4. The Morgan fingerprint density at radius 3 is 3.05 bits per heavy atom. The van der Waals surface area contributed by atoms with Crippen molar-refractivity contribution in [1.82, 2.24) is 19.9 Å². The van der Waals surface area contributed by atoms with E-state index in [0.29, 0.717) is 4.88 Å². The van der Waals surface area contributed by atoms with Crippen molar-refractivity contribution in [1.29, 1.82) is 0 Å². The summed E-state index contributed by atoms with van der Waals surface area (Å²) in [5, 5.41) is 13.4. The molecule has 0 aliphatic carbocycles. The van der Waals surface area contributed by atoms with Crippen LogP contribution < -0.4 is 5.32 Å². The van der Waals surface area contributed by atoms with Gasteiger partial charge in [-0.05, 0) is 42.0 Å². The SMILES string of the molecule is CSCCC(NC(=O)c1cccs1)c1nnc2ccccn12. The van der Waals surface area contributed by atoms with Crippen molar-refractivity contribution < 1.29 is 4.79 Å². The standard InChI is InChI=1S/C15H16N4OS2/c1-21-10-7-11(16-15(20)12-5-4-9-22-12)14-18-17-13-6-2-3-8-19(13)14/h2-6,8-9,11H,7,10H2,1H3,(H,16,20). The van der Waals surface area contributed by atoms with Gasteiger partial charge in [0.15, 0.2) is 11.5 Å². The van der Waals surface area contributed by atoms with Gasteiger partial charge in [0.2, 0.25) is 0 Å². The van der Waals surface area contributed by atoms with Crippen LogP contribution in [0.4, 0.5) is 0 Å². The largest absolute Gasteiger partial charge is 0.341 e. The number of thioether (sulfide) groups is 1. The molecule has 3 heterocycles. The molecule has 3 aromatic rings.